The molecule has 3 nitrogen and oxygen atoms in total. The Kier molecular flexibility index (Phi) is 3.97. The smallest absolute Gasteiger partial charge is 0.0867 e. The minimum Gasteiger partial charge on any atom is -0.504 e. The van der Waals surface area contributed by atoms with Crippen molar-refractivity contribution in [3.63, 3.8) is 0 Å². The lowest BCUT2D eigenvalue weighted by molar-refractivity contribution is 0.341. The zero-order chi connectivity index (χ0) is 13.8. The van der Waals surface area contributed by atoms with Crippen LogP contribution in [-0.2, 0) is 4.74 Å². The summed E-state index contributed by atoms with van der Waals surface area (Å²) < 4.78 is 4.92. The lowest BCUT2D eigenvalue weighted by Crippen LogP contribution is -2.14. The molecule has 0 atom stereocenters. The first kappa shape index (κ1) is 13.3. The molecule has 0 saturated carbocycles. The van der Waals surface area contributed by atoms with Crippen molar-refractivity contribution < 1.29 is 4.74 Å². The number of ether oxygens (including phenoxy) is 1. The molecule has 1 aromatic rings. The maximum Gasteiger partial charge on any atom is 0.0867 e. The Balaban J connectivity index is 2.54. The number of benzene rings is 1. The van der Waals surface area contributed by atoms with E-state index >= 15 is 0 Å². The first-order valence-electron chi connectivity index (χ1n) is 5.69. The molecule has 2 N–H and O–H groups in total. The standard InChI is InChI=1S/C15H13ClN2O/c1-19-8-7-10-5-6-11(16)9-13(10)12-3-2-4-14(17)15(12)18/h2-9,17-18H,1H3/b8-7-,17-14?,18-15?. The van der Waals surface area contributed by atoms with Crippen LogP contribution < -0.4 is 0 Å². The molecule has 0 aromatic heterocycles. The van der Waals surface area contributed by atoms with Gasteiger partial charge in [0.15, 0.2) is 0 Å². The summed E-state index contributed by atoms with van der Waals surface area (Å²) in [5, 5.41) is 16.3. The van der Waals surface area contributed by atoms with Gasteiger partial charge in [0.25, 0.3) is 0 Å². The van der Waals surface area contributed by atoms with Gasteiger partial charge in [-0.3, -0.25) is 10.8 Å². The van der Waals surface area contributed by atoms with Gasteiger partial charge in [-0.1, -0.05) is 29.8 Å². The molecule has 0 heterocycles. The lowest BCUT2D eigenvalue weighted by atomic mass is 9.91. The van der Waals surface area contributed by atoms with Crippen molar-refractivity contribution >= 4 is 34.7 Å². The molecule has 1 aliphatic rings. The predicted molar refractivity (Wildman–Crippen MR) is 80.1 cm³/mol. The van der Waals surface area contributed by atoms with E-state index in [0.717, 1.165) is 11.1 Å². The van der Waals surface area contributed by atoms with Crippen molar-refractivity contribution in [3.8, 4) is 0 Å². The maximum atomic E-state index is 7.99. The second-order valence-electron chi connectivity index (χ2n) is 4.00. The van der Waals surface area contributed by atoms with E-state index < -0.39 is 0 Å². The van der Waals surface area contributed by atoms with Crippen LogP contribution in [0.15, 0.2) is 42.7 Å². The van der Waals surface area contributed by atoms with Crippen molar-refractivity contribution in [2.45, 2.75) is 0 Å². The first-order valence-corrected chi connectivity index (χ1v) is 6.06. The van der Waals surface area contributed by atoms with Crippen LogP contribution in [-0.4, -0.2) is 18.5 Å². The molecule has 2 rings (SSSR count). The lowest BCUT2D eigenvalue weighted by Gasteiger charge is -2.14. The normalized spacial score (nSPS) is 14.9. The van der Waals surface area contributed by atoms with Gasteiger partial charge in [0, 0.05) is 10.6 Å². The number of hydrogen-bond acceptors (Lipinski definition) is 3. The van der Waals surface area contributed by atoms with E-state index in [1.807, 2.05) is 18.2 Å². The third kappa shape index (κ3) is 2.83. The van der Waals surface area contributed by atoms with Crippen molar-refractivity contribution in [3.05, 3.63) is 58.8 Å². The summed E-state index contributed by atoms with van der Waals surface area (Å²) >= 11 is 6.03. The molecule has 0 radical (unpaired) electrons. The van der Waals surface area contributed by atoms with E-state index in [1.165, 1.54) is 0 Å². The minimum atomic E-state index is 0.192. The van der Waals surface area contributed by atoms with E-state index in [0.29, 0.717) is 10.6 Å². The third-order valence-corrected chi connectivity index (χ3v) is 2.99. The highest BCUT2D eigenvalue weighted by Gasteiger charge is 2.16. The Morgan fingerprint density at radius 2 is 2.05 bits per heavy atom. The van der Waals surface area contributed by atoms with Crippen LogP contribution in [0.3, 0.4) is 0 Å². The molecule has 0 aliphatic heterocycles. The van der Waals surface area contributed by atoms with Crippen LogP contribution in [0, 0.1) is 10.8 Å². The molecule has 4 heteroatoms. The number of allylic oxidation sites excluding steroid dienone is 4. The number of halogens is 1. The summed E-state index contributed by atoms with van der Waals surface area (Å²) in [7, 11) is 1.58. The molecule has 1 aliphatic carbocycles. The summed E-state index contributed by atoms with van der Waals surface area (Å²) in [5.74, 6) is 0. The van der Waals surface area contributed by atoms with E-state index in [1.54, 1.807) is 37.7 Å². The second kappa shape index (κ2) is 5.67. The van der Waals surface area contributed by atoms with Crippen LogP contribution in [0.25, 0.3) is 11.6 Å². The fraction of sp³-hybridized carbons (Fsp3) is 0.0667. The number of methoxy groups -OCH3 is 1. The van der Waals surface area contributed by atoms with Gasteiger partial charge in [-0.05, 0) is 35.4 Å². The molecule has 0 amide bonds. The Morgan fingerprint density at radius 3 is 2.79 bits per heavy atom. The van der Waals surface area contributed by atoms with Crippen molar-refractivity contribution in [1.82, 2.24) is 0 Å². The summed E-state index contributed by atoms with van der Waals surface area (Å²) in [6.07, 6.45) is 8.56. The van der Waals surface area contributed by atoms with E-state index in [-0.39, 0.29) is 11.4 Å². The van der Waals surface area contributed by atoms with Crippen molar-refractivity contribution in [2.24, 2.45) is 0 Å². The second-order valence-corrected chi connectivity index (χ2v) is 4.43. The zero-order valence-electron chi connectivity index (χ0n) is 10.4. The number of hydrogen-bond donors (Lipinski definition) is 2. The fourth-order valence-corrected chi connectivity index (χ4v) is 2.00. The monoisotopic (exact) mass is 272 g/mol. The van der Waals surface area contributed by atoms with E-state index in [9.17, 15) is 0 Å². The summed E-state index contributed by atoms with van der Waals surface area (Å²) in [4.78, 5) is 0. The Hall–Kier alpha value is -2.13. The number of nitrogens with one attached hydrogen (secondary N) is 2. The molecule has 96 valence electrons. The molecular formula is C15H13ClN2O. The van der Waals surface area contributed by atoms with E-state index in [2.05, 4.69) is 0 Å². The minimum absolute atomic E-state index is 0.192. The van der Waals surface area contributed by atoms with Crippen LogP contribution in [0.5, 0.6) is 0 Å². The highest BCUT2D eigenvalue weighted by molar-refractivity contribution is 6.60. The average molecular weight is 273 g/mol. The molecular weight excluding hydrogens is 260 g/mol. The molecule has 0 saturated heterocycles. The first-order chi connectivity index (χ1) is 9.13. The van der Waals surface area contributed by atoms with Gasteiger partial charge in [0.1, 0.15) is 0 Å². The zero-order valence-corrected chi connectivity index (χ0v) is 11.2. The Bertz CT molecular complexity index is 627. The van der Waals surface area contributed by atoms with Crippen LogP contribution in [0.4, 0.5) is 0 Å². The quantitative estimate of drug-likeness (QED) is 0.635. The van der Waals surface area contributed by atoms with Gasteiger partial charge in [-0.15, -0.1) is 0 Å². The van der Waals surface area contributed by atoms with E-state index in [4.69, 9.17) is 27.2 Å². The molecule has 19 heavy (non-hydrogen) atoms. The molecule has 0 unspecified atom stereocenters. The number of rotatable bonds is 3. The summed E-state index contributed by atoms with van der Waals surface area (Å²) in [5.41, 5.74) is 2.78. The fourth-order valence-electron chi connectivity index (χ4n) is 1.83. The Labute approximate surface area is 116 Å². The van der Waals surface area contributed by atoms with Gasteiger partial charge >= 0.3 is 0 Å². The largest absolute Gasteiger partial charge is 0.504 e. The Morgan fingerprint density at radius 1 is 1.26 bits per heavy atom. The molecule has 1 aromatic carbocycles. The summed E-state index contributed by atoms with van der Waals surface area (Å²) in [6.45, 7) is 0. The van der Waals surface area contributed by atoms with Crippen LogP contribution >= 0.6 is 11.6 Å². The molecule has 0 bridgehead atoms. The predicted octanol–water partition coefficient (Wildman–Crippen LogP) is 3.95. The highest BCUT2D eigenvalue weighted by Crippen LogP contribution is 2.27. The van der Waals surface area contributed by atoms with Gasteiger partial charge in [-0.25, -0.2) is 0 Å². The van der Waals surface area contributed by atoms with Crippen LogP contribution in [0.1, 0.15) is 11.1 Å². The van der Waals surface area contributed by atoms with Gasteiger partial charge < -0.3 is 4.74 Å². The van der Waals surface area contributed by atoms with Gasteiger partial charge in [-0.2, -0.15) is 0 Å². The van der Waals surface area contributed by atoms with Crippen molar-refractivity contribution in [1.29, 1.82) is 10.8 Å². The third-order valence-electron chi connectivity index (χ3n) is 2.75. The highest BCUT2D eigenvalue weighted by atomic mass is 35.5. The maximum absolute atomic E-state index is 7.99. The van der Waals surface area contributed by atoms with Crippen LogP contribution in [0.2, 0.25) is 5.02 Å². The SMILES string of the molecule is CO/C=C\c1ccc(Cl)cc1C1=CC=CC(=N)C1=N. The van der Waals surface area contributed by atoms with Gasteiger partial charge in [0.05, 0.1) is 24.8 Å². The topological polar surface area (TPSA) is 56.9 Å². The molecule has 0 spiro atoms. The van der Waals surface area contributed by atoms with Crippen molar-refractivity contribution in [2.75, 3.05) is 7.11 Å². The molecule has 0 fully saturated rings. The van der Waals surface area contributed by atoms with Gasteiger partial charge in [0.2, 0.25) is 0 Å². The summed E-state index contributed by atoms with van der Waals surface area (Å²) in [6, 6.07) is 5.45. The average Bonchev–Trinajstić information content (AvgIpc) is 2.40.